The van der Waals surface area contributed by atoms with E-state index in [4.69, 9.17) is 11.2 Å². The summed E-state index contributed by atoms with van der Waals surface area (Å²) < 4.78 is 5.01. The van der Waals surface area contributed by atoms with Crippen LogP contribution in [0.25, 0.3) is 0 Å². The molecule has 1 aliphatic heterocycles. The van der Waals surface area contributed by atoms with E-state index in [-0.39, 0.29) is 6.04 Å². The molecular formula is C9H16N2O. The Balaban J connectivity index is 2.32. The van der Waals surface area contributed by atoms with Crippen LogP contribution in [-0.2, 0) is 4.74 Å². The molecule has 0 radical (unpaired) electrons. The largest absolute Gasteiger partial charge is 0.383 e. The molecule has 68 valence electrons. The minimum atomic E-state index is 0.244. The Labute approximate surface area is 74.1 Å². The van der Waals surface area contributed by atoms with Gasteiger partial charge in [0.25, 0.3) is 0 Å². The molecule has 1 atom stereocenters. The van der Waals surface area contributed by atoms with Crippen molar-refractivity contribution in [3.63, 3.8) is 0 Å². The Kier molecular flexibility index (Phi) is 4.09. The highest BCUT2D eigenvalue weighted by atomic mass is 16.5. The van der Waals surface area contributed by atoms with Gasteiger partial charge in [-0.1, -0.05) is 5.92 Å². The lowest BCUT2D eigenvalue weighted by Crippen LogP contribution is -2.51. The van der Waals surface area contributed by atoms with Crippen molar-refractivity contribution in [2.45, 2.75) is 6.04 Å². The second kappa shape index (κ2) is 5.15. The fraction of sp³-hybridized carbons (Fsp3) is 0.778. The number of nitrogens with zero attached hydrogens (tertiary/aromatic N) is 1. The lowest BCUT2D eigenvalue weighted by Gasteiger charge is -2.32. The van der Waals surface area contributed by atoms with Crippen LogP contribution in [0.1, 0.15) is 0 Å². The van der Waals surface area contributed by atoms with Crippen molar-refractivity contribution in [2.24, 2.45) is 0 Å². The molecule has 3 nitrogen and oxygen atoms in total. The SMILES string of the molecule is C#C[C@@H]1CNCCN1CCOC. The standard InChI is InChI=1S/C9H16N2O/c1-3-9-8-10-4-5-11(9)6-7-12-2/h1,9-10H,4-8H2,2H3/t9-/m1/s1. The summed E-state index contributed by atoms with van der Waals surface area (Å²) in [6, 6.07) is 0.244. The van der Waals surface area contributed by atoms with Gasteiger partial charge in [-0.3, -0.25) is 4.90 Å². The monoisotopic (exact) mass is 168 g/mol. The van der Waals surface area contributed by atoms with Crippen LogP contribution in [0.15, 0.2) is 0 Å². The molecule has 0 saturated carbocycles. The van der Waals surface area contributed by atoms with Crippen molar-refractivity contribution in [2.75, 3.05) is 39.9 Å². The summed E-state index contributed by atoms with van der Waals surface area (Å²) in [5.41, 5.74) is 0. The minimum absolute atomic E-state index is 0.244. The summed E-state index contributed by atoms with van der Waals surface area (Å²) >= 11 is 0. The zero-order chi connectivity index (χ0) is 8.81. The number of methoxy groups -OCH3 is 1. The van der Waals surface area contributed by atoms with Gasteiger partial charge in [-0.2, -0.15) is 0 Å². The Bertz CT molecular complexity index is 164. The molecule has 12 heavy (non-hydrogen) atoms. The Morgan fingerprint density at radius 3 is 3.25 bits per heavy atom. The number of ether oxygens (including phenoxy) is 1. The van der Waals surface area contributed by atoms with E-state index in [2.05, 4.69) is 16.1 Å². The number of nitrogens with one attached hydrogen (secondary N) is 1. The highest BCUT2D eigenvalue weighted by Crippen LogP contribution is 2.00. The Morgan fingerprint density at radius 1 is 1.75 bits per heavy atom. The summed E-state index contributed by atoms with van der Waals surface area (Å²) in [6.45, 7) is 4.66. The Morgan fingerprint density at radius 2 is 2.58 bits per heavy atom. The molecule has 0 aromatic rings. The zero-order valence-corrected chi connectivity index (χ0v) is 7.55. The average molecular weight is 168 g/mol. The van der Waals surface area contributed by atoms with Crippen molar-refractivity contribution < 1.29 is 4.74 Å². The van der Waals surface area contributed by atoms with Gasteiger partial charge in [-0.25, -0.2) is 0 Å². The zero-order valence-electron chi connectivity index (χ0n) is 7.55. The molecule has 3 heteroatoms. The molecule has 0 aliphatic carbocycles. The maximum absolute atomic E-state index is 5.39. The lowest BCUT2D eigenvalue weighted by atomic mass is 10.2. The van der Waals surface area contributed by atoms with Crippen LogP contribution >= 0.6 is 0 Å². The predicted molar refractivity (Wildman–Crippen MR) is 48.9 cm³/mol. The van der Waals surface area contributed by atoms with Gasteiger partial charge >= 0.3 is 0 Å². The van der Waals surface area contributed by atoms with Crippen molar-refractivity contribution >= 4 is 0 Å². The van der Waals surface area contributed by atoms with E-state index >= 15 is 0 Å². The van der Waals surface area contributed by atoms with Crippen LogP contribution in [0, 0.1) is 12.3 Å². The van der Waals surface area contributed by atoms with Crippen LogP contribution in [0.5, 0.6) is 0 Å². The highest BCUT2D eigenvalue weighted by molar-refractivity contribution is 5.02. The molecule has 0 aromatic heterocycles. The molecule has 1 N–H and O–H groups in total. The van der Waals surface area contributed by atoms with Crippen molar-refractivity contribution in [1.82, 2.24) is 10.2 Å². The third-order valence-corrected chi connectivity index (χ3v) is 2.13. The maximum atomic E-state index is 5.39. The van der Waals surface area contributed by atoms with Crippen LogP contribution in [0.4, 0.5) is 0 Å². The number of hydrogen-bond acceptors (Lipinski definition) is 3. The lowest BCUT2D eigenvalue weighted by molar-refractivity contribution is 0.122. The van der Waals surface area contributed by atoms with Gasteiger partial charge in [-0.15, -0.1) is 6.42 Å². The first-order valence-corrected chi connectivity index (χ1v) is 4.28. The molecule has 0 amide bonds. The summed E-state index contributed by atoms with van der Waals surface area (Å²) in [4.78, 5) is 2.28. The van der Waals surface area contributed by atoms with E-state index in [1.165, 1.54) is 0 Å². The van der Waals surface area contributed by atoms with Gasteiger partial charge in [0, 0.05) is 33.3 Å². The molecule has 1 aliphatic rings. The number of terminal acetylenes is 1. The van der Waals surface area contributed by atoms with Gasteiger partial charge in [0.15, 0.2) is 0 Å². The third kappa shape index (κ3) is 2.49. The van der Waals surface area contributed by atoms with Gasteiger partial charge in [0.05, 0.1) is 12.6 Å². The molecule has 1 rings (SSSR count). The molecule has 0 spiro atoms. The van der Waals surface area contributed by atoms with E-state index in [1.807, 2.05) is 0 Å². The summed E-state index contributed by atoms with van der Waals surface area (Å²) in [6.07, 6.45) is 5.39. The predicted octanol–water partition coefficient (Wildman–Crippen LogP) is -0.460. The normalized spacial score (nSPS) is 25.2. The second-order valence-electron chi connectivity index (χ2n) is 2.92. The third-order valence-electron chi connectivity index (χ3n) is 2.13. The smallest absolute Gasteiger partial charge is 0.0839 e. The topological polar surface area (TPSA) is 24.5 Å². The molecular weight excluding hydrogens is 152 g/mol. The quantitative estimate of drug-likeness (QED) is 0.577. The number of piperazine rings is 1. The van der Waals surface area contributed by atoms with E-state index < -0.39 is 0 Å². The van der Waals surface area contributed by atoms with E-state index in [1.54, 1.807) is 7.11 Å². The van der Waals surface area contributed by atoms with Crippen molar-refractivity contribution in [3.8, 4) is 12.3 Å². The molecule has 0 aromatic carbocycles. The van der Waals surface area contributed by atoms with Gasteiger partial charge in [0.2, 0.25) is 0 Å². The van der Waals surface area contributed by atoms with Crippen LogP contribution < -0.4 is 5.32 Å². The van der Waals surface area contributed by atoms with E-state index in [0.717, 1.165) is 32.8 Å². The maximum Gasteiger partial charge on any atom is 0.0839 e. The van der Waals surface area contributed by atoms with Gasteiger partial charge in [0.1, 0.15) is 0 Å². The first-order chi connectivity index (χ1) is 5.88. The molecule has 1 fully saturated rings. The fourth-order valence-electron chi connectivity index (χ4n) is 1.39. The summed E-state index contributed by atoms with van der Waals surface area (Å²) in [7, 11) is 1.72. The molecule has 0 unspecified atom stereocenters. The second-order valence-corrected chi connectivity index (χ2v) is 2.92. The first-order valence-electron chi connectivity index (χ1n) is 4.28. The van der Waals surface area contributed by atoms with E-state index in [0.29, 0.717) is 0 Å². The highest BCUT2D eigenvalue weighted by Gasteiger charge is 2.18. The first kappa shape index (κ1) is 9.53. The number of rotatable bonds is 3. The van der Waals surface area contributed by atoms with Crippen molar-refractivity contribution in [3.05, 3.63) is 0 Å². The fourth-order valence-corrected chi connectivity index (χ4v) is 1.39. The van der Waals surface area contributed by atoms with Crippen LogP contribution in [-0.4, -0.2) is 50.8 Å². The van der Waals surface area contributed by atoms with Gasteiger partial charge in [-0.05, 0) is 0 Å². The van der Waals surface area contributed by atoms with E-state index in [9.17, 15) is 0 Å². The Hall–Kier alpha value is -0.560. The molecule has 0 bridgehead atoms. The van der Waals surface area contributed by atoms with Crippen LogP contribution in [0.3, 0.4) is 0 Å². The number of hydrogen-bond donors (Lipinski definition) is 1. The molecule has 1 heterocycles. The average Bonchev–Trinajstić information content (AvgIpc) is 2.15. The summed E-state index contributed by atoms with van der Waals surface area (Å²) in [5, 5.41) is 3.27. The minimum Gasteiger partial charge on any atom is -0.383 e. The van der Waals surface area contributed by atoms with Crippen molar-refractivity contribution in [1.29, 1.82) is 0 Å². The summed E-state index contributed by atoms with van der Waals surface area (Å²) in [5.74, 6) is 2.77. The van der Waals surface area contributed by atoms with Crippen LogP contribution in [0.2, 0.25) is 0 Å². The van der Waals surface area contributed by atoms with Gasteiger partial charge < -0.3 is 10.1 Å². The molecule has 1 saturated heterocycles.